The maximum atomic E-state index is 8.80. The Morgan fingerprint density at radius 1 is 1.29 bits per heavy atom. The van der Waals surface area contributed by atoms with E-state index in [1.54, 1.807) is 21.3 Å². The van der Waals surface area contributed by atoms with Crippen molar-refractivity contribution in [1.82, 2.24) is 5.32 Å². The van der Waals surface area contributed by atoms with Gasteiger partial charge in [-0.05, 0) is 0 Å². The number of hydrogen-bond acceptors (Lipinski definition) is 5. The van der Waals surface area contributed by atoms with E-state index in [9.17, 15) is 0 Å². The summed E-state index contributed by atoms with van der Waals surface area (Å²) in [7, 11) is 4.73. The van der Waals surface area contributed by atoms with E-state index in [0.29, 0.717) is 19.6 Å². The smallest absolute Gasteiger partial charge is 0.159 e. The summed E-state index contributed by atoms with van der Waals surface area (Å²) in [4.78, 5) is 0. The zero-order valence-corrected chi connectivity index (χ0v) is 8.95. The fourth-order valence-electron chi connectivity index (χ4n) is 0.998. The molecule has 1 N–H and O–H groups in total. The van der Waals surface area contributed by atoms with Crippen LogP contribution in [0.4, 0.5) is 0 Å². The van der Waals surface area contributed by atoms with Crippen LogP contribution in [-0.4, -0.2) is 46.8 Å². The van der Waals surface area contributed by atoms with Crippen molar-refractivity contribution in [2.45, 2.75) is 18.8 Å². The Hall–Kier alpha value is -0.670. The third-order valence-electron chi connectivity index (χ3n) is 1.81. The van der Waals surface area contributed by atoms with Crippen molar-refractivity contribution in [1.29, 1.82) is 5.26 Å². The third kappa shape index (κ3) is 5.89. The molecule has 0 spiro atoms. The van der Waals surface area contributed by atoms with Crippen molar-refractivity contribution in [3.05, 3.63) is 0 Å². The van der Waals surface area contributed by atoms with E-state index < -0.39 is 0 Å². The molecule has 0 rings (SSSR count). The number of nitrogens with one attached hydrogen (secondary N) is 1. The van der Waals surface area contributed by atoms with E-state index in [1.807, 2.05) is 0 Å². The molecule has 0 aromatic heterocycles. The molecular weight excluding hydrogens is 184 g/mol. The van der Waals surface area contributed by atoms with E-state index >= 15 is 0 Å². The molecule has 0 amide bonds. The molecule has 0 saturated heterocycles. The summed E-state index contributed by atoms with van der Waals surface area (Å²) in [6.07, 6.45) is 0.169. The first-order valence-corrected chi connectivity index (χ1v) is 4.46. The van der Waals surface area contributed by atoms with Crippen LogP contribution < -0.4 is 5.32 Å². The highest BCUT2D eigenvalue weighted by Crippen LogP contribution is 2.01. The monoisotopic (exact) mass is 202 g/mol. The van der Waals surface area contributed by atoms with E-state index in [2.05, 4.69) is 11.4 Å². The molecule has 5 nitrogen and oxygen atoms in total. The summed E-state index contributed by atoms with van der Waals surface area (Å²) in [5.41, 5.74) is 0. The molecule has 0 aromatic rings. The van der Waals surface area contributed by atoms with Crippen LogP contribution >= 0.6 is 0 Å². The van der Waals surface area contributed by atoms with Gasteiger partial charge in [-0.2, -0.15) is 5.26 Å². The van der Waals surface area contributed by atoms with Crippen molar-refractivity contribution in [3.63, 3.8) is 0 Å². The van der Waals surface area contributed by atoms with Gasteiger partial charge in [0.1, 0.15) is 6.04 Å². The average Bonchev–Trinajstić information content (AvgIpc) is 2.23. The van der Waals surface area contributed by atoms with Crippen LogP contribution in [0.25, 0.3) is 0 Å². The Balaban J connectivity index is 3.73. The number of nitrogens with zero attached hydrogens (tertiary/aromatic N) is 1. The number of nitriles is 1. The zero-order valence-electron chi connectivity index (χ0n) is 8.95. The van der Waals surface area contributed by atoms with Gasteiger partial charge in [0.05, 0.1) is 12.7 Å². The van der Waals surface area contributed by atoms with Gasteiger partial charge in [0.25, 0.3) is 0 Å². The summed E-state index contributed by atoms with van der Waals surface area (Å²) in [5, 5.41) is 11.8. The van der Waals surface area contributed by atoms with Gasteiger partial charge in [0.15, 0.2) is 6.29 Å². The maximum absolute atomic E-state index is 8.80. The van der Waals surface area contributed by atoms with Gasteiger partial charge < -0.3 is 14.2 Å². The lowest BCUT2D eigenvalue weighted by atomic mass is 10.2. The Bertz CT molecular complexity index is 166. The van der Waals surface area contributed by atoms with Gasteiger partial charge in [-0.15, -0.1) is 0 Å². The predicted octanol–water partition coefficient (Wildman–Crippen LogP) is 0.124. The van der Waals surface area contributed by atoms with Gasteiger partial charge in [0.2, 0.25) is 0 Å². The number of hydrogen-bond donors (Lipinski definition) is 1. The first-order valence-electron chi connectivity index (χ1n) is 4.46. The van der Waals surface area contributed by atoms with Crippen molar-refractivity contribution in [3.8, 4) is 6.07 Å². The Kier molecular flexibility index (Phi) is 8.48. The number of ether oxygens (including phenoxy) is 3. The van der Waals surface area contributed by atoms with E-state index in [-0.39, 0.29) is 12.3 Å². The van der Waals surface area contributed by atoms with Crippen LogP contribution in [-0.2, 0) is 14.2 Å². The molecular formula is C9H18N2O3. The van der Waals surface area contributed by atoms with Crippen molar-refractivity contribution < 1.29 is 14.2 Å². The number of rotatable bonds is 8. The molecule has 1 unspecified atom stereocenters. The molecule has 1 atom stereocenters. The molecule has 0 aliphatic carbocycles. The highest BCUT2D eigenvalue weighted by Gasteiger charge is 2.14. The summed E-state index contributed by atoms with van der Waals surface area (Å²) >= 11 is 0. The second kappa shape index (κ2) is 8.91. The van der Waals surface area contributed by atoms with Crippen LogP contribution in [0.1, 0.15) is 6.42 Å². The zero-order chi connectivity index (χ0) is 10.8. The molecule has 14 heavy (non-hydrogen) atoms. The minimum Gasteiger partial charge on any atom is -0.383 e. The quantitative estimate of drug-likeness (QED) is 0.447. The molecule has 5 heteroatoms. The van der Waals surface area contributed by atoms with Gasteiger partial charge in [-0.1, -0.05) is 0 Å². The van der Waals surface area contributed by atoms with E-state index in [0.717, 1.165) is 0 Å². The molecule has 0 radical (unpaired) electrons. The fourth-order valence-corrected chi connectivity index (χ4v) is 0.998. The molecule has 0 saturated carbocycles. The van der Waals surface area contributed by atoms with Gasteiger partial charge in [-0.3, -0.25) is 5.32 Å². The lowest BCUT2D eigenvalue weighted by Crippen LogP contribution is -2.34. The highest BCUT2D eigenvalue weighted by molar-refractivity contribution is 4.90. The van der Waals surface area contributed by atoms with Crippen molar-refractivity contribution >= 4 is 0 Å². The second-order valence-electron chi connectivity index (χ2n) is 2.77. The van der Waals surface area contributed by atoms with Gasteiger partial charge in [0, 0.05) is 34.3 Å². The Morgan fingerprint density at radius 3 is 2.36 bits per heavy atom. The lowest BCUT2D eigenvalue weighted by molar-refractivity contribution is -0.108. The minimum atomic E-state index is -0.338. The van der Waals surface area contributed by atoms with Crippen molar-refractivity contribution in [2.24, 2.45) is 0 Å². The Morgan fingerprint density at radius 2 is 1.93 bits per heavy atom. The van der Waals surface area contributed by atoms with Crippen molar-refractivity contribution in [2.75, 3.05) is 34.5 Å². The van der Waals surface area contributed by atoms with Crippen LogP contribution in [0.5, 0.6) is 0 Å². The molecule has 0 aliphatic rings. The number of methoxy groups -OCH3 is 3. The molecule has 0 aromatic carbocycles. The topological polar surface area (TPSA) is 63.5 Å². The van der Waals surface area contributed by atoms with Crippen LogP contribution in [0.15, 0.2) is 0 Å². The van der Waals surface area contributed by atoms with Gasteiger partial charge in [-0.25, -0.2) is 0 Å². The summed E-state index contributed by atoms with van der Waals surface area (Å²) in [6.45, 7) is 1.23. The first-order chi connectivity index (χ1) is 6.78. The predicted molar refractivity (Wildman–Crippen MR) is 51.7 cm³/mol. The van der Waals surface area contributed by atoms with Crippen LogP contribution in [0.2, 0.25) is 0 Å². The lowest BCUT2D eigenvalue weighted by Gasteiger charge is -2.17. The second-order valence-corrected chi connectivity index (χ2v) is 2.77. The Labute approximate surface area is 84.9 Å². The first kappa shape index (κ1) is 13.3. The maximum Gasteiger partial charge on any atom is 0.159 e. The standard InChI is InChI=1S/C9H18N2O3/c1-12-5-4-11-8(7-10)6-9(13-2)14-3/h8-9,11H,4-6H2,1-3H3. The molecule has 0 heterocycles. The fraction of sp³-hybridized carbons (Fsp3) is 0.889. The molecule has 0 fully saturated rings. The van der Waals surface area contributed by atoms with E-state index in [1.165, 1.54) is 0 Å². The van der Waals surface area contributed by atoms with Gasteiger partial charge >= 0.3 is 0 Å². The molecule has 0 bridgehead atoms. The van der Waals surface area contributed by atoms with E-state index in [4.69, 9.17) is 19.5 Å². The minimum absolute atomic E-state index is 0.268. The highest BCUT2D eigenvalue weighted by atomic mass is 16.7. The largest absolute Gasteiger partial charge is 0.383 e. The summed E-state index contributed by atoms with van der Waals surface area (Å²) in [5.74, 6) is 0. The summed E-state index contributed by atoms with van der Waals surface area (Å²) < 4.78 is 14.8. The molecule has 0 aliphatic heterocycles. The normalized spacial score (nSPS) is 12.8. The average molecular weight is 202 g/mol. The third-order valence-corrected chi connectivity index (χ3v) is 1.81. The van der Waals surface area contributed by atoms with Crippen LogP contribution in [0.3, 0.4) is 0 Å². The SMILES string of the molecule is COCCNC(C#N)CC(OC)OC. The van der Waals surface area contributed by atoms with Crippen LogP contribution in [0, 0.1) is 11.3 Å². The summed E-state index contributed by atoms with van der Waals surface area (Å²) in [6, 6.07) is 1.86. The molecule has 82 valence electrons.